The largest absolute Gasteiger partial charge is 0.0588 e. The Balaban J connectivity index is 1.88. The molecule has 3 aliphatic carbocycles. The second kappa shape index (κ2) is 5.22. The van der Waals surface area contributed by atoms with Crippen molar-refractivity contribution in [3.8, 4) is 0 Å². The molecule has 4 bridgehead atoms. The molecule has 1 unspecified atom stereocenters. The average molecular weight is 379 g/mol. The molecule has 146 valence electrons. The molecular formula is C29H30. The average Bonchev–Trinajstić information content (AvgIpc) is 2.98. The van der Waals surface area contributed by atoms with Crippen LogP contribution in [-0.2, 0) is 5.41 Å². The second-order valence-electron chi connectivity index (χ2n) is 10.2. The molecule has 3 aromatic carbocycles. The molecule has 0 amide bonds. The summed E-state index contributed by atoms with van der Waals surface area (Å²) in [5.74, 6) is 1.52. The standard InChI is InChI=1S/C29H30/c1-14-8-9-15(2)21-20(14)25-24-18(5)12-13-19(6)26(24)29(7)27(21)22-16(3)10-11-17(4)23(22)28(25)29/h8-13,25,27-28H,1-7H3/t25?,27-,28+,29+/m0/s1. The Morgan fingerprint density at radius 3 is 1.52 bits per heavy atom. The summed E-state index contributed by atoms with van der Waals surface area (Å²) in [6, 6.07) is 14.2. The number of rotatable bonds is 0. The fraction of sp³-hybridized carbons (Fsp3) is 0.379. The molecular weight excluding hydrogens is 348 g/mol. The van der Waals surface area contributed by atoms with Crippen LogP contribution in [0.25, 0.3) is 0 Å². The van der Waals surface area contributed by atoms with Gasteiger partial charge in [0.15, 0.2) is 0 Å². The van der Waals surface area contributed by atoms with Gasteiger partial charge < -0.3 is 0 Å². The molecule has 3 aromatic rings. The third kappa shape index (κ3) is 1.75. The van der Waals surface area contributed by atoms with Gasteiger partial charge in [-0.25, -0.2) is 0 Å². The molecule has 0 saturated heterocycles. The normalized spacial score (nSPS) is 27.6. The van der Waals surface area contributed by atoms with E-state index in [9.17, 15) is 0 Å². The van der Waals surface area contributed by atoms with Crippen molar-refractivity contribution in [2.24, 2.45) is 0 Å². The second-order valence-corrected chi connectivity index (χ2v) is 10.2. The van der Waals surface area contributed by atoms with Gasteiger partial charge in [-0.1, -0.05) is 43.3 Å². The van der Waals surface area contributed by atoms with Crippen LogP contribution in [0, 0.1) is 41.5 Å². The number of aryl methyl sites for hydroxylation is 6. The van der Waals surface area contributed by atoms with E-state index in [4.69, 9.17) is 0 Å². The molecule has 0 spiro atoms. The van der Waals surface area contributed by atoms with Crippen molar-refractivity contribution in [2.75, 3.05) is 0 Å². The maximum absolute atomic E-state index is 2.59. The summed E-state index contributed by atoms with van der Waals surface area (Å²) in [5, 5.41) is 0. The number of hydrogen-bond donors (Lipinski definition) is 0. The van der Waals surface area contributed by atoms with E-state index in [1.165, 1.54) is 33.4 Å². The maximum atomic E-state index is 2.59. The predicted molar refractivity (Wildman–Crippen MR) is 122 cm³/mol. The van der Waals surface area contributed by atoms with Gasteiger partial charge in [-0.05, 0) is 108 Å². The fourth-order valence-corrected chi connectivity index (χ4v) is 7.76. The van der Waals surface area contributed by atoms with Crippen molar-refractivity contribution in [1.29, 1.82) is 0 Å². The summed E-state index contributed by atoms with van der Waals surface area (Å²) in [6.45, 7) is 16.6. The molecule has 29 heavy (non-hydrogen) atoms. The van der Waals surface area contributed by atoms with Gasteiger partial charge in [-0.15, -0.1) is 0 Å². The smallest absolute Gasteiger partial charge is 0.0201 e. The van der Waals surface area contributed by atoms with Gasteiger partial charge in [0.1, 0.15) is 0 Å². The SMILES string of the molecule is Cc1ccc(C)c2c1C1c3c(C)ccc(C)c3[C@]3(C)[C@@H]2c2c(C)ccc(C)c2[C@H]13. The monoisotopic (exact) mass is 378 g/mol. The third-order valence-electron chi connectivity index (χ3n) is 8.75. The van der Waals surface area contributed by atoms with E-state index in [2.05, 4.69) is 84.9 Å². The highest BCUT2D eigenvalue weighted by atomic mass is 14.7. The minimum absolute atomic E-state index is 0.154. The lowest BCUT2D eigenvalue weighted by Gasteiger charge is -2.42. The summed E-state index contributed by atoms with van der Waals surface area (Å²) >= 11 is 0. The van der Waals surface area contributed by atoms with Crippen LogP contribution >= 0.6 is 0 Å². The van der Waals surface area contributed by atoms with E-state index in [0.29, 0.717) is 17.8 Å². The first-order valence-corrected chi connectivity index (χ1v) is 11.1. The van der Waals surface area contributed by atoms with E-state index in [1.54, 1.807) is 33.4 Å². The molecule has 0 aromatic heterocycles. The van der Waals surface area contributed by atoms with Crippen molar-refractivity contribution in [1.82, 2.24) is 0 Å². The summed E-state index contributed by atoms with van der Waals surface area (Å²) in [5.41, 5.74) is 18.9. The van der Waals surface area contributed by atoms with Gasteiger partial charge in [-0.2, -0.15) is 0 Å². The third-order valence-corrected chi connectivity index (χ3v) is 8.75. The summed E-state index contributed by atoms with van der Waals surface area (Å²) < 4.78 is 0. The Labute approximate surface area is 175 Å². The minimum atomic E-state index is 0.154. The van der Waals surface area contributed by atoms with Crippen LogP contribution in [0.2, 0.25) is 0 Å². The van der Waals surface area contributed by atoms with Gasteiger partial charge in [0, 0.05) is 23.2 Å². The molecule has 0 nitrogen and oxygen atoms in total. The maximum Gasteiger partial charge on any atom is 0.0201 e. The van der Waals surface area contributed by atoms with Gasteiger partial charge in [0.05, 0.1) is 0 Å². The number of hydrogen-bond acceptors (Lipinski definition) is 0. The Kier molecular flexibility index (Phi) is 3.15. The quantitative estimate of drug-likeness (QED) is 0.388. The first kappa shape index (κ1) is 17.5. The molecule has 0 heteroatoms. The lowest BCUT2D eigenvalue weighted by Crippen LogP contribution is -2.35. The highest BCUT2D eigenvalue weighted by Crippen LogP contribution is 2.75. The Morgan fingerprint density at radius 1 is 0.517 bits per heavy atom. The molecule has 0 aliphatic heterocycles. The van der Waals surface area contributed by atoms with E-state index in [0.717, 1.165) is 0 Å². The summed E-state index contributed by atoms with van der Waals surface area (Å²) in [4.78, 5) is 0. The van der Waals surface area contributed by atoms with Crippen molar-refractivity contribution in [3.63, 3.8) is 0 Å². The van der Waals surface area contributed by atoms with E-state index >= 15 is 0 Å². The topological polar surface area (TPSA) is 0 Å². The van der Waals surface area contributed by atoms with E-state index in [1.807, 2.05) is 0 Å². The van der Waals surface area contributed by atoms with Crippen LogP contribution in [-0.4, -0.2) is 0 Å². The Bertz CT molecular complexity index is 1240. The lowest BCUT2D eigenvalue weighted by molar-refractivity contribution is 0.356. The molecule has 0 fully saturated rings. The van der Waals surface area contributed by atoms with Crippen LogP contribution in [0.4, 0.5) is 0 Å². The van der Waals surface area contributed by atoms with Crippen LogP contribution in [0.15, 0.2) is 36.4 Å². The molecule has 0 saturated carbocycles. The first-order chi connectivity index (χ1) is 13.8. The lowest BCUT2D eigenvalue weighted by atomic mass is 9.60. The summed E-state index contributed by atoms with van der Waals surface area (Å²) in [7, 11) is 0. The molecule has 0 heterocycles. The zero-order valence-electron chi connectivity index (χ0n) is 18.7. The molecule has 0 radical (unpaired) electrons. The number of benzene rings is 3. The molecule has 3 aliphatic rings. The predicted octanol–water partition coefficient (Wildman–Crippen LogP) is 7.18. The molecule has 6 rings (SSSR count). The minimum Gasteiger partial charge on any atom is -0.0588 e. The van der Waals surface area contributed by atoms with Gasteiger partial charge in [0.2, 0.25) is 0 Å². The zero-order valence-corrected chi connectivity index (χ0v) is 18.7. The van der Waals surface area contributed by atoms with Gasteiger partial charge in [0.25, 0.3) is 0 Å². The van der Waals surface area contributed by atoms with Crippen molar-refractivity contribution < 1.29 is 0 Å². The van der Waals surface area contributed by atoms with Gasteiger partial charge in [-0.3, -0.25) is 0 Å². The summed E-state index contributed by atoms with van der Waals surface area (Å²) in [6.07, 6.45) is 0. The highest BCUT2D eigenvalue weighted by molar-refractivity contribution is 5.75. The van der Waals surface area contributed by atoms with Crippen LogP contribution in [0.5, 0.6) is 0 Å². The van der Waals surface area contributed by atoms with Crippen LogP contribution < -0.4 is 0 Å². The first-order valence-electron chi connectivity index (χ1n) is 11.1. The van der Waals surface area contributed by atoms with Crippen molar-refractivity contribution in [2.45, 2.75) is 71.6 Å². The zero-order chi connectivity index (χ0) is 20.4. The van der Waals surface area contributed by atoms with E-state index in [-0.39, 0.29) is 5.41 Å². The highest BCUT2D eigenvalue weighted by Gasteiger charge is 2.65. The molecule has 4 atom stereocenters. The number of fused-ring (bicyclic) bond motifs is 7. The Morgan fingerprint density at radius 2 is 0.931 bits per heavy atom. The Hall–Kier alpha value is -2.34. The van der Waals surface area contributed by atoms with Crippen molar-refractivity contribution in [3.05, 3.63) is 103 Å². The fourth-order valence-electron chi connectivity index (χ4n) is 7.76. The van der Waals surface area contributed by atoms with Crippen LogP contribution in [0.1, 0.15) is 91.4 Å². The van der Waals surface area contributed by atoms with Gasteiger partial charge >= 0.3 is 0 Å². The van der Waals surface area contributed by atoms with Crippen LogP contribution in [0.3, 0.4) is 0 Å². The van der Waals surface area contributed by atoms with E-state index < -0.39 is 0 Å². The van der Waals surface area contributed by atoms with Crippen molar-refractivity contribution >= 4 is 0 Å². The molecule has 0 N–H and O–H groups in total.